The van der Waals surface area contributed by atoms with E-state index in [2.05, 4.69) is 5.32 Å². The first-order valence-corrected chi connectivity index (χ1v) is 13.4. The molecule has 12 heteroatoms. The highest BCUT2D eigenvalue weighted by atomic mass is 16.6. The van der Waals surface area contributed by atoms with Crippen molar-refractivity contribution in [2.45, 2.75) is 77.5 Å². The summed E-state index contributed by atoms with van der Waals surface area (Å²) in [5.41, 5.74) is 5.79. The molecule has 12 nitrogen and oxygen atoms in total. The van der Waals surface area contributed by atoms with Crippen molar-refractivity contribution >= 4 is 23.6 Å². The number of hydrogen-bond donors (Lipinski definition) is 4. The molecular formula is C29H42N2O10. The number of rotatable bonds is 4. The Morgan fingerprint density at radius 1 is 1.00 bits per heavy atom. The van der Waals surface area contributed by atoms with Gasteiger partial charge in [-0.15, -0.1) is 0 Å². The molecule has 228 valence electrons. The number of amides is 2. The number of aliphatic hydroxyl groups excluding tert-OH is 2. The second kappa shape index (κ2) is 15.1. The Hall–Kier alpha value is -3.32. The van der Waals surface area contributed by atoms with Crippen LogP contribution >= 0.6 is 0 Å². The van der Waals surface area contributed by atoms with E-state index in [0.29, 0.717) is 12.0 Å². The maximum absolute atomic E-state index is 13.4. The molecule has 0 fully saturated rings. The zero-order valence-electron chi connectivity index (χ0n) is 24.6. The fraction of sp³-hybridized carbons (Fsp3) is 0.586. The Balaban J connectivity index is 2.60. The van der Waals surface area contributed by atoms with Gasteiger partial charge < -0.3 is 40.2 Å². The van der Waals surface area contributed by atoms with Gasteiger partial charge in [0.25, 0.3) is 5.91 Å². The summed E-state index contributed by atoms with van der Waals surface area (Å²) in [5.74, 6) is -2.68. The number of aliphatic hydroxyl groups is 2. The van der Waals surface area contributed by atoms with Gasteiger partial charge in [0.15, 0.2) is 11.9 Å². The molecule has 0 radical (unpaired) electrons. The van der Waals surface area contributed by atoms with Crippen molar-refractivity contribution in [3.63, 3.8) is 0 Å². The van der Waals surface area contributed by atoms with Gasteiger partial charge >= 0.3 is 6.09 Å². The van der Waals surface area contributed by atoms with Gasteiger partial charge in [-0.3, -0.25) is 14.4 Å². The van der Waals surface area contributed by atoms with Crippen LogP contribution in [0, 0.1) is 11.8 Å². The largest absolute Gasteiger partial charge is 0.492 e. The van der Waals surface area contributed by atoms with E-state index in [1.165, 1.54) is 34.3 Å². The molecular weight excluding hydrogens is 536 g/mol. The van der Waals surface area contributed by atoms with Crippen LogP contribution in [-0.2, 0) is 33.3 Å². The average Bonchev–Trinajstić information content (AvgIpc) is 2.90. The molecule has 0 aromatic rings. The Morgan fingerprint density at radius 2 is 1.63 bits per heavy atom. The smallest absolute Gasteiger partial charge is 0.405 e. The van der Waals surface area contributed by atoms with Crippen LogP contribution in [0.25, 0.3) is 0 Å². The Morgan fingerprint density at radius 3 is 2.20 bits per heavy atom. The van der Waals surface area contributed by atoms with Gasteiger partial charge in [0.05, 0.1) is 31.1 Å². The van der Waals surface area contributed by atoms with Gasteiger partial charge in [0.2, 0.25) is 11.6 Å². The quantitative estimate of drug-likeness (QED) is 0.282. The summed E-state index contributed by atoms with van der Waals surface area (Å²) in [6, 6.07) is 0. The molecule has 2 rings (SSSR count). The summed E-state index contributed by atoms with van der Waals surface area (Å²) in [6.45, 7) is 6.73. The number of carbonyl (C=O) groups excluding carboxylic acids is 4. The van der Waals surface area contributed by atoms with Crippen molar-refractivity contribution in [2.75, 3.05) is 21.3 Å². The van der Waals surface area contributed by atoms with Crippen LogP contribution < -0.4 is 11.1 Å². The highest BCUT2D eigenvalue weighted by Crippen LogP contribution is 2.29. The first-order chi connectivity index (χ1) is 19.2. The number of primary amides is 1. The standard InChI is InChI=1S/C29H42N2O10/c1-14-8-19-25(35)20(13-21(33)27(19)40-7)31-28(36)17(4)11-18(32)12-23(39-6)26(41-29(30)37)16(3)10-15(2)24(34)22(9-14)38-5/h10-11,13-15,18,22-24,26,32,34H,8-9,12H2,1-7H3,(H2,30,37)(H,31,36)/b16-10+,17-11+/t14-,15+,18-,22+,23+,24-,26+/m1/s1. The van der Waals surface area contributed by atoms with E-state index in [-0.39, 0.29) is 41.4 Å². The van der Waals surface area contributed by atoms with E-state index in [1.807, 2.05) is 6.92 Å². The molecule has 2 bridgehead atoms. The first-order valence-electron chi connectivity index (χ1n) is 13.4. The van der Waals surface area contributed by atoms with Crippen LogP contribution in [0.5, 0.6) is 0 Å². The first kappa shape index (κ1) is 33.9. The molecule has 1 aliphatic heterocycles. The molecule has 1 aliphatic carbocycles. The number of hydrogen-bond acceptors (Lipinski definition) is 10. The van der Waals surface area contributed by atoms with Crippen molar-refractivity contribution in [1.29, 1.82) is 0 Å². The summed E-state index contributed by atoms with van der Waals surface area (Å²) in [7, 11) is 4.12. The molecule has 7 atom stereocenters. The molecule has 5 N–H and O–H groups in total. The van der Waals surface area contributed by atoms with Crippen molar-refractivity contribution in [3.05, 3.63) is 46.4 Å². The number of ether oxygens (including phenoxy) is 4. The number of fused-ring (bicyclic) bond motifs is 2. The van der Waals surface area contributed by atoms with Crippen LogP contribution in [0.15, 0.2) is 46.4 Å². The Labute approximate surface area is 240 Å². The fourth-order valence-corrected chi connectivity index (χ4v) is 5.15. The number of nitrogens with one attached hydrogen (secondary N) is 1. The zero-order valence-corrected chi connectivity index (χ0v) is 24.6. The summed E-state index contributed by atoms with van der Waals surface area (Å²) in [5, 5.41) is 24.4. The summed E-state index contributed by atoms with van der Waals surface area (Å²) < 4.78 is 21.7. The number of ketones is 2. The predicted molar refractivity (Wildman–Crippen MR) is 148 cm³/mol. The molecule has 0 aromatic carbocycles. The fourth-order valence-electron chi connectivity index (χ4n) is 5.15. The number of carbonyl (C=O) groups is 4. The monoisotopic (exact) mass is 578 g/mol. The van der Waals surface area contributed by atoms with Crippen molar-refractivity contribution in [2.24, 2.45) is 17.6 Å². The maximum Gasteiger partial charge on any atom is 0.405 e. The van der Waals surface area contributed by atoms with E-state index in [0.717, 1.165) is 6.08 Å². The second-order valence-corrected chi connectivity index (χ2v) is 10.6. The zero-order chi connectivity index (χ0) is 31.0. The van der Waals surface area contributed by atoms with E-state index < -0.39 is 60.0 Å². The number of methoxy groups -OCH3 is 3. The number of allylic oxidation sites excluding steroid dienone is 2. The van der Waals surface area contributed by atoms with Crippen LogP contribution in [-0.4, -0.2) is 85.6 Å². The summed E-state index contributed by atoms with van der Waals surface area (Å²) in [4.78, 5) is 50.8. The van der Waals surface area contributed by atoms with Crippen LogP contribution in [0.4, 0.5) is 4.79 Å². The highest BCUT2D eigenvalue weighted by molar-refractivity contribution is 6.23. The molecule has 0 saturated carbocycles. The molecule has 0 unspecified atom stereocenters. The van der Waals surface area contributed by atoms with Gasteiger partial charge in [-0.05, 0) is 44.3 Å². The van der Waals surface area contributed by atoms with Gasteiger partial charge in [0.1, 0.15) is 6.10 Å². The lowest BCUT2D eigenvalue weighted by Crippen LogP contribution is -2.39. The third-order valence-electron chi connectivity index (χ3n) is 7.29. The molecule has 1 heterocycles. The van der Waals surface area contributed by atoms with E-state index >= 15 is 0 Å². The van der Waals surface area contributed by atoms with Crippen molar-refractivity contribution in [1.82, 2.24) is 5.32 Å². The Kier molecular flexibility index (Phi) is 12.4. The summed E-state index contributed by atoms with van der Waals surface area (Å²) >= 11 is 0. The Bertz CT molecular complexity index is 1140. The molecule has 0 spiro atoms. The minimum absolute atomic E-state index is 0.0715. The normalized spacial score (nSPS) is 33.6. The lowest BCUT2D eigenvalue weighted by Gasteiger charge is -2.30. The van der Waals surface area contributed by atoms with Crippen LogP contribution in [0.1, 0.15) is 47.0 Å². The van der Waals surface area contributed by atoms with Gasteiger partial charge in [0, 0.05) is 43.8 Å². The second-order valence-electron chi connectivity index (χ2n) is 10.6. The van der Waals surface area contributed by atoms with Gasteiger partial charge in [-0.2, -0.15) is 0 Å². The lowest BCUT2D eigenvalue weighted by atomic mass is 9.85. The van der Waals surface area contributed by atoms with Crippen LogP contribution in [0.3, 0.4) is 0 Å². The van der Waals surface area contributed by atoms with Crippen molar-refractivity contribution in [3.8, 4) is 0 Å². The topological polar surface area (TPSA) is 184 Å². The third-order valence-corrected chi connectivity index (χ3v) is 7.29. The van der Waals surface area contributed by atoms with Gasteiger partial charge in [-0.25, -0.2) is 4.79 Å². The molecule has 41 heavy (non-hydrogen) atoms. The van der Waals surface area contributed by atoms with Crippen LogP contribution in [0.2, 0.25) is 0 Å². The van der Waals surface area contributed by atoms with Gasteiger partial charge in [-0.1, -0.05) is 19.9 Å². The predicted octanol–water partition coefficient (Wildman–Crippen LogP) is 1.60. The highest BCUT2D eigenvalue weighted by Gasteiger charge is 2.34. The molecule has 2 amide bonds. The minimum atomic E-state index is -1.23. The number of Topliss-reactive ketones (excluding diaryl/α,β-unsaturated/α-hetero) is 1. The summed E-state index contributed by atoms with van der Waals surface area (Å²) in [6.07, 6.45) is -1.49. The SMILES string of the molecule is COC1=C2C[C@@H](C)C[C@H](OC)[C@H](O)[C@@H](C)/C=C(\C)[C@H](OC(N)=O)[C@@H](OC)C[C@H](O)/C=C(\C)C(=O)NC(=CC1=O)C2=O. The van der Waals surface area contributed by atoms with E-state index in [9.17, 15) is 29.4 Å². The lowest BCUT2D eigenvalue weighted by molar-refractivity contribution is -0.121. The van der Waals surface area contributed by atoms with E-state index in [4.69, 9.17) is 24.7 Å². The molecule has 2 aliphatic rings. The van der Waals surface area contributed by atoms with Crippen molar-refractivity contribution < 1.29 is 48.3 Å². The molecule has 0 aromatic heterocycles. The minimum Gasteiger partial charge on any atom is -0.492 e. The third kappa shape index (κ3) is 8.83. The van der Waals surface area contributed by atoms with E-state index in [1.54, 1.807) is 19.9 Å². The maximum atomic E-state index is 13.4. The number of nitrogens with two attached hydrogens (primary N) is 1. The average molecular weight is 579 g/mol. The molecule has 0 saturated heterocycles.